The fraction of sp³-hybridized carbons (Fsp3) is 0.389. The van der Waals surface area contributed by atoms with Gasteiger partial charge in [0.2, 0.25) is 0 Å². The molecule has 0 spiro atoms. The van der Waals surface area contributed by atoms with Crippen molar-refractivity contribution in [2.45, 2.75) is 20.4 Å². The van der Waals surface area contributed by atoms with Gasteiger partial charge in [-0.25, -0.2) is 0 Å². The van der Waals surface area contributed by atoms with Crippen LogP contribution in [-0.4, -0.2) is 41.9 Å². The number of furan rings is 1. The average Bonchev–Trinajstić information content (AvgIpc) is 2.86. The van der Waals surface area contributed by atoms with Crippen LogP contribution >= 0.6 is 12.4 Å². The molecule has 1 amide bonds. The van der Waals surface area contributed by atoms with Crippen molar-refractivity contribution >= 4 is 24.0 Å². The molecule has 1 aromatic heterocycles. The number of rotatable bonds is 3. The van der Waals surface area contributed by atoms with Crippen molar-refractivity contribution in [1.82, 2.24) is 9.80 Å². The lowest BCUT2D eigenvalue weighted by molar-refractivity contribution is 0.0627. The fourth-order valence-electron chi connectivity index (χ4n) is 3.07. The van der Waals surface area contributed by atoms with Gasteiger partial charge in [0.25, 0.3) is 5.91 Å². The van der Waals surface area contributed by atoms with E-state index < -0.39 is 0 Å². The van der Waals surface area contributed by atoms with Crippen molar-refractivity contribution in [3.63, 3.8) is 0 Å². The molecule has 0 aliphatic carbocycles. The van der Waals surface area contributed by atoms with Gasteiger partial charge in [-0.2, -0.15) is 0 Å². The summed E-state index contributed by atoms with van der Waals surface area (Å²) in [5.74, 6) is 1.56. The van der Waals surface area contributed by atoms with Gasteiger partial charge >= 0.3 is 0 Å². The van der Waals surface area contributed by atoms with Gasteiger partial charge in [0, 0.05) is 38.4 Å². The van der Waals surface area contributed by atoms with Crippen LogP contribution in [0.2, 0.25) is 0 Å². The molecule has 2 aromatic rings. The van der Waals surface area contributed by atoms with Crippen LogP contribution in [0.15, 0.2) is 34.7 Å². The second kappa shape index (κ2) is 7.73. The number of benzene rings is 1. The molecule has 0 atom stereocenters. The molecule has 0 bridgehead atoms. The fourth-order valence-corrected chi connectivity index (χ4v) is 3.07. The summed E-state index contributed by atoms with van der Waals surface area (Å²) in [4.78, 5) is 16.8. The smallest absolute Gasteiger partial charge is 0.257 e. The zero-order chi connectivity index (χ0) is 16.4. The monoisotopic (exact) mass is 349 g/mol. The molecule has 1 saturated heterocycles. The maximum Gasteiger partial charge on any atom is 0.257 e. The van der Waals surface area contributed by atoms with Crippen LogP contribution in [0.1, 0.15) is 27.4 Å². The van der Waals surface area contributed by atoms with Crippen molar-refractivity contribution in [3.8, 4) is 0 Å². The van der Waals surface area contributed by atoms with E-state index in [1.54, 1.807) is 0 Å². The molecule has 1 fully saturated rings. The number of nitrogen functional groups attached to an aromatic ring is 1. The lowest BCUT2D eigenvalue weighted by atomic mass is 10.1. The number of aryl methyl sites for hydroxylation is 2. The van der Waals surface area contributed by atoms with Crippen LogP contribution in [0, 0.1) is 13.8 Å². The van der Waals surface area contributed by atoms with Crippen molar-refractivity contribution < 1.29 is 9.21 Å². The zero-order valence-corrected chi connectivity index (χ0v) is 14.9. The molecule has 24 heavy (non-hydrogen) atoms. The van der Waals surface area contributed by atoms with Gasteiger partial charge < -0.3 is 15.1 Å². The number of hydrogen-bond acceptors (Lipinski definition) is 4. The van der Waals surface area contributed by atoms with E-state index in [0.29, 0.717) is 11.3 Å². The molecule has 130 valence electrons. The summed E-state index contributed by atoms with van der Waals surface area (Å²) in [7, 11) is 0. The van der Waals surface area contributed by atoms with E-state index in [9.17, 15) is 4.79 Å². The third-order valence-electron chi connectivity index (χ3n) is 4.29. The van der Waals surface area contributed by atoms with E-state index in [4.69, 9.17) is 10.2 Å². The van der Waals surface area contributed by atoms with Gasteiger partial charge in [-0.15, -0.1) is 12.4 Å². The first kappa shape index (κ1) is 18.4. The number of nitrogens with zero attached hydrogens (tertiary/aromatic N) is 2. The lowest BCUT2D eigenvalue weighted by Crippen LogP contribution is -2.48. The summed E-state index contributed by atoms with van der Waals surface area (Å²) in [5, 5.41) is 0. The first-order chi connectivity index (χ1) is 11.0. The molecule has 2 N–H and O–H groups in total. The lowest BCUT2D eigenvalue weighted by Gasteiger charge is -2.34. The molecule has 1 aliphatic rings. The number of carbonyl (C=O) groups is 1. The number of nitrogens with two attached hydrogens (primary N) is 1. The van der Waals surface area contributed by atoms with Crippen LogP contribution in [0.3, 0.4) is 0 Å². The van der Waals surface area contributed by atoms with Gasteiger partial charge in [-0.1, -0.05) is 12.1 Å². The van der Waals surface area contributed by atoms with Crippen molar-refractivity contribution in [3.05, 3.63) is 53.0 Å². The molecule has 1 aromatic carbocycles. The summed E-state index contributed by atoms with van der Waals surface area (Å²) in [6.45, 7) is 7.81. The van der Waals surface area contributed by atoms with Gasteiger partial charge in [0.05, 0.1) is 5.56 Å². The Bertz CT molecular complexity index is 706. The number of carbonyl (C=O) groups excluding carboxylic acids is 1. The highest BCUT2D eigenvalue weighted by atomic mass is 35.5. The Morgan fingerprint density at radius 3 is 2.46 bits per heavy atom. The molecular formula is C18H24ClN3O2. The van der Waals surface area contributed by atoms with E-state index in [-0.39, 0.29) is 18.3 Å². The van der Waals surface area contributed by atoms with Crippen LogP contribution in [-0.2, 0) is 6.54 Å². The highest BCUT2D eigenvalue weighted by molar-refractivity contribution is 5.95. The second-order valence-corrected chi connectivity index (χ2v) is 6.14. The van der Waals surface area contributed by atoms with E-state index in [1.165, 1.54) is 5.56 Å². The predicted molar refractivity (Wildman–Crippen MR) is 97.5 cm³/mol. The summed E-state index contributed by atoms with van der Waals surface area (Å²) < 4.78 is 5.47. The minimum Gasteiger partial charge on any atom is -0.466 e. The largest absolute Gasteiger partial charge is 0.466 e. The molecule has 0 unspecified atom stereocenters. The first-order valence-corrected chi connectivity index (χ1v) is 7.96. The Morgan fingerprint density at radius 1 is 1.17 bits per heavy atom. The van der Waals surface area contributed by atoms with Crippen molar-refractivity contribution in [1.29, 1.82) is 0 Å². The average molecular weight is 350 g/mol. The third kappa shape index (κ3) is 4.10. The topological polar surface area (TPSA) is 62.7 Å². The summed E-state index contributed by atoms with van der Waals surface area (Å²) in [6, 6.07) is 9.81. The molecular weight excluding hydrogens is 326 g/mol. The highest BCUT2D eigenvalue weighted by Gasteiger charge is 2.24. The predicted octanol–water partition coefficient (Wildman–Crippen LogP) is 2.86. The Labute approximate surface area is 148 Å². The minimum absolute atomic E-state index is 0. The summed E-state index contributed by atoms with van der Waals surface area (Å²) in [6.07, 6.45) is 0. The van der Waals surface area contributed by atoms with Gasteiger partial charge in [0.1, 0.15) is 11.5 Å². The van der Waals surface area contributed by atoms with E-state index >= 15 is 0 Å². The molecule has 3 rings (SSSR count). The number of anilines is 1. The third-order valence-corrected chi connectivity index (χ3v) is 4.29. The molecule has 6 heteroatoms. The van der Waals surface area contributed by atoms with Crippen LogP contribution < -0.4 is 5.73 Å². The number of amides is 1. The van der Waals surface area contributed by atoms with Crippen LogP contribution in [0.4, 0.5) is 5.69 Å². The standard InChI is InChI=1S/C18H23N3O2.ClH/c1-13-10-17(14(2)23-13)18(22)21-8-6-20(7-9-21)12-15-4-3-5-16(19)11-15;/h3-5,10-11H,6-9,12,19H2,1-2H3;1H. The maximum atomic E-state index is 12.6. The number of piperazine rings is 1. The Balaban J connectivity index is 0.00000208. The Hall–Kier alpha value is -1.98. The zero-order valence-electron chi connectivity index (χ0n) is 14.1. The van der Waals surface area contributed by atoms with Gasteiger partial charge in [-0.05, 0) is 37.6 Å². The maximum absolute atomic E-state index is 12.6. The Morgan fingerprint density at radius 2 is 1.88 bits per heavy atom. The Kier molecular flexibility index (Phi) is 5.91. The van der Waals surface area contributed by atoms with Crippen molar-refractivity contribution in [2.75, 3.05) is 31.9 Å². The molecule has 0 saturated carbocycles. The summed E-state index contributed by atoms with van der Waals surface area (Å²) >= 11 is 0. The van der Waals surface area contributed by atoms with Crippen LogP contribution in [0.25, 0.3) is 0 Å². The SMILES string of the molecule is Cc1cc(C(=O)N2CCN(Cc3cccc(N)c3)CC2)c(C)o1.Cl. The molecule has 1 aliphatic heterocycles. The molecule has 2 heterocycles. The highest BCUT2D eigenvalue weighted by Crippen LogP contribution is 2.18. The summed E-state index contributed by atoms with van der Waals surface area (Å²) in [5.41, 5.74) is 8.52. The van der Waals surface area contributed by atoms with Crippen LogP contribution in [0.5, 0.6) is 0 Å². The molecule has 5 nitrogen and oxygen atoms in total. The van der Waals surface area contributed by atoms with Gasteiger partial charge in [0.15, 0.2) is 0 Å². The first-order valence-electron chi connectivity index (χ1n) is 7.96. The number of hydrogen-bond donors (Lipinski definition) is 1. The minimum atomic E-state index is 0. The quantitative estimate of drug-likeness (QED) is 0.865. The normalized spacial score (nSPS) is 15.2. The number of halogens is 1. The second-order valence-electron chi connectivity index (χ2n) is 6.14. The van der Waals surface area contributed by atoms with Gasteiger partial charge in [-0.3, -0.25) is 9.69 Å². The van der Waals surface area contributed by atoms with E-state index in [1.807, 2.05) is 43.0 Å². The van der Waals surface area contributed by atoms with Crippen molar-refractivity contribution in [2.24, 2.45) is 0 Å². The van der Waals surface area contributed by atoms with E-state index in [2.05, 4.69) is 11.0 Å². The molecule has 0 radical (unpaired) electrons. The van der Waals surface area contributed by atoms with E-state index in [0.717, 1.165) is 44.2 Å².